The first-order valence-electron chi connectivity index (χ1n) is 4.72. The minimum absolute atomic E-state index is 0.120. The van der Waals surface area contributed by atoms with Crippen LogP contribution in [0.3, 0.4) is 0 Å². The molecule has 2 aromatic rings. The van der Waals surface area contributed by atoms with Crippen molar-refractivity contribution in [3.63, 3.8) is 0 Å². The van der Waals surface area contributed by atoms with Gasteiger partial charge in [-0.3, -0.25) is 0 Å². The van der Waals surface area contributed by atoms with Crippen LogP contribution in [0, 0.1) is 0 Å². The molecule has 1 aromatic carbocycles. The van der Waals surface area contributed by atoms with E-state index in [1.165, 1.54) is 0 Å². The average molecular weight is 187 g/mol. The Bertz CT molecular complexity index is 432. The molecule has 72 valence electrons. The smallest absolute Gasteiger partial charge is 0.0724 e. The molecule has 0 saturated carbocycles. The molecule has 0 aliphatic heterocycles. The minimum Gasteiger partial charge on any atom is -0.328 e. The molecule has 3 nitrogen and oxygen atoms in total. The molecule has 1 unspecified atom stereocenters. The largest absolute Gasteiger partial charge is 0.328 e. The molecule has 0 fully saturated rings. The number of aromatic nitrogens is 2. The fourth-order valence-corrected chi connectivity index (χ4v) is 1.54. The van der Waals surface area contributed by atoms with Crippen molar-refractivity contribution in [3.8, 4) is 0 Å². The molecule has 2 N–H and O–H groups in total. The maximum Gasteiger partial charge on any atom is 0.0724 e. The molecule has 0 aliphatic rings. The number of rotatable bonds is 2. The number of benzene rings is 1. The van der Waals surface area contributed by atoms with Gasteiger partial charge in [-0.15, -0.1) is 0 Å². The summed E-state index contributed by atoms with van der Waals surface area (Å²) >= 11 is 0. The Balaban J connectivity index is 2.53. The van der Waals surface area contributed by atoms with Crippen LogP contribution in [0.5, 0.6) is 0 Å². The molecule has 0 radical (unpaired) electrons. The first kappa shape index (κ1) is 9.09. The predicted octanol–water partition coefficient (Wildman–Crippen LogP) is 1.52. The van der Waals surface area contributed by atoms with Gasteiger partial charge in [0.05, 0.1) is 11.9 Å². The van der Waals surface area contributed by atoms with Crippen LogP contribution in [0.25, 0.3) is 10.8 Å². The average Bonchev–Trinajstić information content (AvgIpc) is 2.18. The molecule has 0 saturated heterocycles. The molecule has 0 amide bonds. The summed E-state index contributed by atoms with van der Waals surface area (Å²) < 4.78 is 0. The molecule has 1 atom stereocenters. The van der Waals surface area contributed by atoms with Gasteiger partial charge in [-0.25, -0.2) is 0 Å². The third-order valence-electron chi connectivity index (χ3n) is 2.16. The zero-order valence-electron chi connectivity index (χ0n) is 8.14. The van der Waals surface area contributed by atoms with E-state index in [1.54, 1.807) is 6.20 Å². The van der Waals surface area contributed by atoms with Crippen LogP contribution in [0.4, 0.5) is 0 Å². The van der Waals surface area contributed by atoms with Gasteiger partial charge in [0.25, 0.3) is 0 Å². The van der Waals surface area contributed by atoms with Gasteiger partial charge >= 0.3 is 0 Å². The SMILES string of the molecule is CC(N)Cc1nncc2ccccc12. The summed E-state index contributed by atoms with van der Waals surface area (Å²) in [5, 5.41) is 10.4. The quantitative estimate of drug-likeness (QED) is 0.775. The number of fused-ring (bicyclic) bond motifs is 1. The van der Waals surface area contributed by atoms with Crippen molar-refractivity contribution in [1.29, 1.82) is 0 Å². The van der Waals surface area contributed by atoms with E-state index in [-0.39, 0.29) is 6.04 Å². The van der Waals surface area contributed by atoms with Crippen LogP contribution in [-0.4, -0.2) is 16.2 Å². The zero-order valence-corrected chi connectivity index (χ0v) is 8.14. The Hall–Kier alpha value is -1.48. The first-order chi connectivity index (χ1) is 6.77. The van der Waals surface area contributed by atoms with E-state index in [9.17, 15) is 0 Å². The first-order valence-corrected chi connectivity index (χ1v) is 4.72. The van der Waals surface area contributed by atoms with Gasteiger partial charge in [0.15, 0.2) is 0 Å². The summed E-state index contributed by atoms with van der Waals surface area (Å²) in [6.07, 6.45) is 2.55. The van der Waals surface area contributed by atoms with E-state index in [0.717, 1.165) is 22.9 Å². The lowest BCUT2D eigenvalue weighted by Gasteiger charge is -2.06. The maximum atomic E-state index is 5.75. The molecule has 2 rings (SSSR count). The molecule has 3 heteroatoms. The molecular weight excluding hydrogens is 174 g/mol. The van der Waals surface area contributed by atoms with Crippen LogP contribution in [-0.2, 0) is 6.42 Å². The lowest BCUT2D eigenvalue weighted by atomic mass is 10.1. The highest BCUT2D eigenvalue weighted by Crippen LogP contribution is 2.15. The summed E-state index contributed by atoms with van der Waals surface area (Å²) in [6, 6.07) is 8.22. The number of hydrogen-bond acceptors (Lipinski definition) is 3. The Labute approximate surface area is 83.0 Å². The second-order valence-corrected chi connectivity index (χ2v) is 3.56. The Kier molecular flexibility index (Phi) is 2.41. The van der Waals surface area contributed by atoms with E-state index in [4.69, 9.17) is 5.73 Å². The number of hydrogen-bond donors (Lipinski definition) is 1. The van der Waals surface area contributed by atoms with Crippen molar-refractivity contribution < 1.29 is 0 Å². The molecule has 0 bridgehead atoms. The highest BCUT2D eigenvalue weighted by atomic mass is 15.1. The molecule has 1 heterocycles. The van der Waals surface area contributed by atoms with Gasteiger partial charge in [-0.1, -0.05) is 24.3 Å². The number of nitrogens with zero attached hydrogens (tertiary/aromatic N) is 2. The van der Waals surface area contributed by atoms with E-state index >= 15 is 0 Å². The van der Waals surface area contributed by atoms with Crippen LogP contribution in [0.2, 0.25) is 0 Å². The summed E-state index contributed by atoms with van der Waals surface area (Å²) in [7, 11) is 0. The van der Waals surface area contributed by atoms with Crippen LogP contribution < -0.4 is 5.73 Å². The summed E-state index contributed by atoms with van der Waals surface area (Å²) in [5.41, 5.74) is 6.73. The van der Waals surface area contributed by atoms with E-state index < -0.39 is 0 Å². The Morgan fingerprint density at radius 1 is 1.36 bits per heavy atom. The van der Waals surface area contributed by atoms with Gasteiger partial charge in [-0.2, -0.15) is 10.2 Å². The van der Waals surface area contributed by atoms with Gasteiger partial charge < -0.3 is 5.73 Å². The molecule has 1 aromatic heterocycles. The van der Waals surface area contributed by atoms with Crippen LogP contribution in [0.1, 0.15) is 12.6 Å². The van der Waals surface area contributed by atoms with Crippen LogP contribution >= 0.6 is 0 Å². The van der Waals surface area contributed by atoms with Crippen molar-refractivity contribution in [2.45, 2.75) is 19.4 Å². The van der Waals surface area contributed by atoms with Crippen molar-refractivity contribution in [2.24, 2.45) is 5.73 Å². The molecule has 14 heavy (non-hydrogen) atoms. The van der Waals surface area contributed by atoms with Gasteiger partial charge in [0.1, 0.15) is 0 Å². The van der Waals surface area contributed by atoms with E-state index in [1.807, 2.05) is 25.1 Å². The fourth-order valence-electron chi connectivity index (χ4n) is 1.54. The summed E-state index contributed by atoms with van der Waals surface area (Å²) in [6.45, 7) is 1.98. The fraction of sp³-hybridized carbons (Fsp3) is 0.273. The topological polar surface area (TPSA) is 51.8 Å². The van der Waals surface area contributed by atoms with E-state index in [2.05, 4.69) is 16.3 Å². The summed E-state index contributed by atoms with van der Waals surface area (Å²) in [5.74, 6) is 0. The lowest BCUT2D eigenvalue weighted by Crippen LogP contribution is -2.18. The molecule has 0 spiro atoms. The predicted molar refractivity (Wildman–Crippen MR) is 56.9 cm³/mol. The minimum atomic E-state index is 0.120. The van der Waals surface area contributed by atoms with Crippen molar-refractivity contribution in [1.82, 2.24) is 10.2 Å². The number of nitrogens with two attached hydrogens (primary N) is 1. The van der Waals surface area contributed by atoms with Crippen molar-refractivity contribution >= 4 is 10.8 Å². The standard InChI is InChI=1S/C11H13N3/c1-8(12)6-11-10-5-3-2-4-9(10)7-13-14-11/h2-5,7-8H,6,12H2,1H3. The third-order valence-corrected chi connectivity index (χ3v) is 2.16. The van der Waals surface area contributed by atoms with Crippen LogP contribution in [0.15, 0.2) is 30.5 Å². The highest BCUT2D eigenvalue weighted by molar-refractivity contribution is 5.83. The lowest BCUT2D eigenvalue weighted by molar-refractivity contribution is 0.716. The Morgan fingerprint density at radius 3 is 2.93 bits per heavy atom. The molecule has 0 aliphatic carbocycles. The second kappa shape index (κ2) is 3.72. The third kappa shape index (κ3) is 1.72. The Morgan fingerprint density at radius 2 is 2.14 bits per heavy atom. The van der Waals surface area contributed by atoms with Crippen molar-refractivity contribution in [3.05, 3.63) is 36.2 Å². The van der Waals surface area contributed by atoms with E-state index in [0.29, 0.717) is 0 Å². The molecular formula is C11H13N3. The van der Waals surface area contributed by atoms with Crippen molar-refractivity contribution in [2.75, 3.05) is 0 Å². The normalized spacial score (nSPS) is 13.0. The van der Waals surface area contributed by atoms with Gasteiger partial charge in [-0.05, 0) is 6.92 Å². The maximum absolute atomic E-state index is 5.75. The zero-order chi connectivity index (χ0) is 9.97. The highest BCUT2D eigenvalue weighted by Gasteiger charge is 2.04. The van der Waals surface area contributed by atoms with Gasteiger partial charge in [0, 0.05) is 23.2 Å². The second-order valence-electron chi connectivity index (χ2n) is 3.56. The summed E-state index contributed by atoms with van der Waals surface area (Å²) in [4.78, 5) is 0. The monoisotopic (exact) mass is 187 g/mol. The van der Waals surface area contributed by atoms with Gasteiger partial charge in [0.2, 0.25) is 0 Å².